The van der Waals surface area contributed by atoms with Crippen molar-refractivity contribution in [2.45, 2.75) is 25.2 Å². The number of benzene rings is 2. The molecular formula is C24H23NO4. The molecule has 0 bridgehead atoms. The van der Waals surface area contributed by atoms with E-state index in [1.165, 1.54) is 22.3 Å². The number of amides is 1. The van der Waals surface area contributed by atoms with Gasteiger partial charge in [-0.05, 0) is 35.1 Å². The Balaban J connectivity index is 1.42. The number of aliphatic carboxylic acids is 1. The van der Waals surface area contributed by atoms with E-state index in [9.17, 15) is 14.7 Å². The van der Waals surface area contributed by atoms with E-state index in [2.05, 4.69) is 30.2 Å². The Labute approximate surface area is 170 Å². The van der Waals surface area contributed by atoms with Crippen LogP contribution < -0.4 is 0 Å². The fourth-order valence-corrected chi connectivity index (χ4v) is 4.46. The fraction of sp³-hybridized carbons (Fsp3) is 0.333. The second-order valence-corrected chi connectivity index (χ2v) is 7.76. The second kappa shape index (κ2) is 7.63. The second-order valence-electron chi connectivity index (χ2n) is 7.76. The number of carboxylic acids is 1. The summed E-state index contributed by atoms with van der Waals surface area (Å²) < 4.78 is 5.67. The summed E-state index contributed by atoms with van der Waals surface area (Å²) in [6.45, 7) is 0.938. The molecule has 148 valence electrons. The van der Waals surface area contributed by atoms with Crippen LogP contribution in [0.1, 0.15) is 36.3 Å². The zero-order valence-corrected chi connectivity index (χ0v) is 16.1. The van der Waals surface area contributed by atoms with Crippen LogP contribution in [0.25, 0.3) is 11.1 Å². The molecule has 5 heteroatoms. The normalized spacial score (nSPS) is 17.1. The van der Waals surface area contributed by atoms with Gasteiger partial charge in [-0.1, -0.05) is 48.5 Å². The van der Waals surface area contributed by atoms with Crippen LogP contribution in [0.15, 0.2) is 48.5 Å². The molecule has 1 amide bonds. The first-order chi connectivity index (χ1) is 14.1. The third-order valence-corrected chi connectivity index (χ3v) is 6.21. The van der Waals surface area contributed by atoms with Gasteiger partial charge in [-0.25, -0.2) is 4.79 Å². The minimum absolute atomic E-state index is 0.00990. The average molecular weight is 389 g/mol. The number of carboxylic acid groups (broad SMARTS) is 1. The predicted octanol–water partition coefficient (Wildman–Crippen LogP) is 4.13. The number of hydrogen-bond donors (Lipinski definition) is 1. The lowest BCUT2D eigenvalue weighted by atomic mass is 9.76. The van der Waals surface area contributed by atoms with E-state index in [1.807, 2.05) is 24.3 Å². The number of ether oxygens (including phenoxy) is 1. The van der Waals surface area contributed by atoms with Gasteiger partial charge in [0.05, 0.1) is 5.41 Å². The number of carbonyl (C=O) groups excluding carboxylic acids is 1. The summed E-state index contributed by atoms with van der Waals surface area (Å²) in [5.41, 5.74) is 3.76. The molecule has 0 unspecified atom stereocenters. The van der Waals surface area contributed by atoms with Crippen molar-refractivity contribution in [3.63, 3.8) is 0 Å². The van der Waals surface area contributed by atoms with Crippen LogP contribution in [-0.2, 0) is 9.53 Å². The zero-order valence-electron chi connectivity index (χ0n) is 16.1. The van der Waals surface area contributed by atoms with Crippen LogP contribution in [0.3, 0.4) is 0 Å². The highest BCUT2D eigenvalue weighted by Gasteiger charge is 2.42. The van der Waals surface area contributed by atoms with E-state index < -0.39 is 17.5 Å². The molecule has 1 N–H and O–H groups in total. The Morgan fingerprint density at radius 2 is 1.62 bits per heavy atom. The predicted molar refractivity (Wildman–Crippen MR) is 109 cm³/mol. The van der Waals surface area contributed by atoms with Crippen molar-refractivity contribution in [1.82, 2.24) is 4.90 Å². The van der Waals surface area contributed by atoms with Crippen molar-refractivity contribution >= 4 is 12.1 Å². The summed E-state index contributed by atoms with van der Waals surface area (Å²) in [6, 6.07) is 16.4. The monoisotopic (exact) mass is 389 g/mol. The minimum Gasteiger partial charge on any atom is -0.481 e. The number of rotatable bonds is 4. The molecule has 1 fully saturated rings. The molecule has 29 heavy (non-hydrogen) atoms. The SMILES string of the molecule is C#CCC1(C(=O)O)CCN(C(=O)OCC2c3ccccc3-c3ccccc32)CC1. The molecule has 1 aliphatic carbocycles. The van der Waals surface area contributed by atoms with Crippen LogP contribution in [0.2, 0.25) is 0 Å². The smallest absolute Gasteiger partial charge is 0.409 e. The number of likely N-dealkylation sites (tertiary alicyclic amines) is 1. The molecule has 2 aromatic carbocycles. The lowest BCUT2D eigenvalue weighted by Crippen LogP contribution is -2.46. The Bertz CT molecular complexity index is 937. The van der Waals surface area contributed by atoms with Crippen LogP contribution in [0, 0.1) is 17.8 Å². The van der Waals surface area contributed by atoms with Crippen LogP contribution >= 0.6 is 0 Å². The molecule has 4 rings (SSSR count). The van der Waals surface area contributed by atoms with Gasteiger partial charge >= 0.3 is 12.1 Å². The molecule has 2 aromatic rings. The molecular weight excluding hydrogens is 366 g/mol. The van der Waals surface area contributed by atoms with Crippen LogP contribution in [0.5, 0.6) is 0 Å². The Morgan fingerprint density at radius 1 is 1.07 bits per heavy atom. The molecule has 0 spiro atoms. The van der Waals surface area contributed by atoms with Gasteiger partial charge in [0.1, 0.15) is 6.61 Å². The summed E-state index contributed by atoms with van der Waals surface area (Å²) in [4.78, 5) is 25.9. The minimum atomic E-state index is -0.936. The molecule has 0 saturated carbocycles. The Morgan fingerprint density at radius 3 is 2.14 bits per heavy atom. The fourth-order valence-electron chi connectivity index (χ4n) is 4.46. The molecule has 0 radical (unpaired) electrons. The maximum atomic E-state index is 12.6. The van der Waals surface area contributed by atoms with Gasteiger partial charge in [-0.15, -0.1) is 12.3 Å². The van der Waals surface area contributed by atoms with Gasteiger partial charge in [0.15, 0.2) is 0 Å². The lowest BCUT2D eigenvalue weighted by Gasteiger charge is -2.37. The summed E-state index contributed by atoms with van der Waals surface area (Å²) >= 11 is 0. The molecule has 0 aromatic heterocycles. The third-order valence-electron chi connectivity index (χ3n) is 6.21. The van der Waals surface area contributed by atoms with Crippen molar-refractivity contribution in [2.75, 3.05) is 19.7 Å². The highest BCUT2D eigenvalue weighted by Crippen LogP contribution is 2.44. The average Bonchev–Trinajstić information content (AvgIpc) is 3.06. The quantitative estimate of drug-likeness (QED) is 0.799. The largest absolute Gasteiger partial charge is 0.481 e. The van der Waals surface area contributed by atoms with E-state index in [0.717, 1.165) is 0 Å². The number of fused-ring (bicyclic) bond motifs is 3. The number of piperidine rings is 1. The van der Waals surface area contributed by atoms with E-state index >= 15 is 0 Å². The topological polar surface area (TPSA) is 66.8 Å². The number of carbonyl (C=O) groups is 2. The van der Waals surface area contributed by atoms with Crippen LogP contribution in [0.4, 0.5) is 4.79 Å². The standard InChI is InChI=1S/C24H23NO4/c1-2-11-24(22(26)27)12-14-25(15-13-24)23(28)29-16-21-19-9-5-3-7-17(19)18-8-4-6-10-20(18)21/h1,3-10,21H,11-16H2,(H,26,27). The van der Waals surface area contributed by atoms with Gasteiger partial charge in [0, 0.05) is 25.4 Å². The van der Waals surface area contributed by atoms with Crippen molar-refractivity contribution in [3.05, 3.63) is 59.7 Å². The summed E-state index contributed by atoms with van der Waals surface area (Å²) in [5, 5.41) is 9.55. The van der Waals surface area contributed by atoms with Gasteiger partial charge < -0.3 is 14.7 Å². The van der Waals surface area contributed by atoms with Crippen molar-refractivity contribution < 1.29 is 19.4 Å². The van der Waals surface area contributed by atoms with E-state index in [0.29, 0.717) is 25.9 Å². The highest BCUT2D eigenvalue weighted by molar-refractivity contribution is 5.79. The zero-order chi connectivity index (χ0) is 20.4. The highest BCUT2D eigenvalue weighted by atomic mass is 16.6. The van der Waals surface area contributed by atoms with E-state index in [1.54, 1.807) is 4.90 Å². The molecule has 2 aliphatic rings. The van der Waals surface area contributed by atoms with Gasteiger partial charge in [-0.2, -0.15) is 0 Å². The van der Waals surface area contributed by atoms with Gasteiger partial charge in [0.2, 0.25) is 0 Å². The number of hydrogen-bond acceptors (Lipinski definition) is 3. The summed E-state index contributed by atoms with van der Waals surface area (Å²) in [7, 11) is 0. The van der Waals surface area contributed by atoms with Crippen molar-refractivity contribution in [3.8, 4) is 23.5 Å². The Kier molecular flexibility index (Phi) is 5.02. The van der Waals surface area contributed by atoms with E-state index in [-0.39, 0.29) is 18.9 Å². The maximum Gasteiger partial charge on any atom is 0.409 e. The maximum absolute atomic E-state index is 12.6. The van der Waals surface area contributed by atoms with Crippen LogP contribution in [-0.4, -0.2) is 41.8 Å². The lowest BCUT2D eigenvalue weighted by molar-refractivity contribution is -0.151. The van der Waals surface area contributed by atoms with Crippen molar-refractivity contribution in [1.29, 1.82) is 0 Å². The molecule has 5 nitrogen and oxygen atoms in total. The van der Waals surface area contributed by atoms with Gasteiger partial charge in [-0.3, -0.25) is 4.79 Å². The first-order valence-electron chi connectivity index (χ1n) is 9.82. The number of nitrogens with zero attached hydrogens (tertiary/aromatic N) is 1. The molecule has 1 heterocycles. The van der Waals surface area contributed by atoms with Gasteiger partial charge in [0.25, 0.3) is 0 Å². The summed E-state index contributed by atoms with van der Waals surface area (Å²) in [6.07, 6.45) is 5.83. The van der Waals surface area contributed by atoms with E-state index in [4.69, 9.17) is 11.2 Å². The van der Waals surface area contributed by atoms with Crippen molar-refractivity contribution in [2.24, 2.45) is 5.41 Å². The molecule has 1 aliphatic heterocycles. The number of terminal acetylenes is 1. The Hall–Kier alpha value is -3.26. The molecule has 1 saturated heterocycles. The summed E-state index contributed by atoms with van der Waals surface area (Å²) in [5.74, 6) is 1.59. The third kappa shape index (κ3) is 3.36. The first-order valence-corrected chi connectivity index (χ1v) is 9.82. The molecule has 0 atom stereocenters. The first kappa shape index (κ1) is 19.1.